The highest BCUT2D eigenvalue weighted by Gasteiger charge is 2.09. The second-order valence-electron chi connectivity index (χ2n) is 5.36. The fraction of sp³-hybridized carbons (Fsp3) is 0.158. The Morgan fingerprint density at radius 1 is 0.900 bits per heavy atom. The Bertz CT molecular complexity index is 725. The van der Waals surface area contributed by atoms with Crippen LogP contribution in [0.4, 0.5) is 0 Å². The maximum Gasteiger partial charge on any atom is 0.0336 e. The van der Waals surface area contributed by atoms with Crippen LogP contribution in [0.3, 0.4) is 0 Å². The van der Waals surface area contributed by atoms with Crippen LogP contribution >= 0.6 is 0 Å². The second kappa shape index (κ2) is 5.48. The van der Waals surface area contributed by atoms with Gasteiger partial charge in [0.15, 0.2) is 0 Å². The van der Waals surface area contributed by atoms with Gasteiger partial charge in [-0.3, -0.25) is 0 Å². The van der Waals surface area contributed by atoms with Crippen molar-refractivity contribution in [3.63, 3.8) is 0 Å². The van der Waals surface area contributed by atoms with Gasteiger partial charge in [0, 0.05) is 6.04 Å². The first-order chi connectivity index (χ1) is 9.74. The van der Waals surface area contributed by atoms with Crippen molar-refractivity contribution in [2.45, 2.75) is 19.4 Å². The first-order valence-electron chi connectivity index (χ1n) is 7.03. The summed E-state index contributed by atoms with van der Waals surface area (Å²) in [7, 11) is 0. The van der Waals surface area contributed by atoms with E-state index in [-0.39, 0.29) is 6.04 Å². The average Bonchev–Trinajstić information content (AvgIpc) is 2.47. The number of fused-ring (bicyclic) bond motifs is 1. The predicted octanol–water partition coefficient (Wildman–Crippen LogP) is 4.39. The van der Waals surface area contributed by atoms with Crippen molar-refractivity contribution in [1.29, 1.82) is 0 Å². The van der Waals surface area contributed by atoms with Crippen molar-refractivity contribution >= 4 is 10.8 Å². The average molecular weight is 261 g/mol. The summed E-state index contributed by atoms with van der Waals surface area (Å²) < 4.78 is 0. The Labute approximate surface area is 120 Å². The van der Waals surface area contributed by atoms with E-state index >= 15 is 0 Å². The number of rotatable bonds is 3. The smallest absolute Gasteiger partial charge is 0.0336 e. The van der Waals surface area contributed by atoms with Crippen molar-refractivity contribution in [2.75, 3.05) is 0 Å². The number of benzene rings is 3. The maximum absolute atomic E-state index is 6.39. The molecular formula is C19H19N. The highest BCUT2D eigenvalue weighted by atomic mass is 14.6. The van der Waals surface area contributed by atoms with E-state index < -0.39 is 0 Å². The third kappa shape index (κ3) is 2.59. The van der Waals surface area contributed by atoms with Gasteiger partial charge in [0.2, 0.25) is 0 Å². The highest BCUT2D eigenvalue weighted by Crippen LogP contribution is 2.23. The van der Waals surface area contributed by atoms with Gasteiger partial charge in [0.05, 0.1) is 0 Å². The molecule has 0 saturated carbocycles. The summed E-state index contributed by atoms with van der Waals surface area (Å²) in [5, 5.41) is 2.58. The molecule has 0 aliphatic carbocycles. The van der Waals surface area contributed by atoms with E-state index in [2.05, 4.69) is 73.7 Å². The van der Waals surface area contributed by atoms with Crippen molar-refractivity contribution in [3.8, 4) is 0 Å². The molecule has 0 bridgehead atoms. The van der Waals surface area contributed by atoms with E-state index in [1.165, 1.54) is 27.5 Å². The quantitative estimate of drug-likeness (QED) is 0.743. The van der Waals surface area contributed by atoms with Gasteiger partial charge in [-0.2, -0.15) is 0 Å². The van der Waals surface area contributed by atoms with E-state index in [9.17, 15) is 0 Å². The summed E-state index contributed by atoms with van der Waals surface area (Å²) >= 11 is 0. The van der Waals surface area contributed by atoms with E-state index in [0.717, 1.165) is 6.42 Å². The molecule has 0 spiro atoms. The summed E-state index contributed by atoms with van der Waals surface area (Å²) in [6, 6.07) is 23.4. The molecule has 1 nitrogen and oxygen atoms in total. The largest absolute Gasteiger partial charge is 0.324 e. The molecule has 0 amide bonds. The lowest BCUT2D eigenvalue weighted by atomic mass is 9.95. The molecule has 0 radical (unpaired) electrons. The van der Waals surface area contributed by atoms with Crippen molar-refractivity contribution < 1.29 is 0 Å². The molecule has 3 aromatic rings. The van der Waals surface area contributed by atoms with Gasteiger partial charge in [-0.25, -0.2) is 0 Å². The molecule has 0 saturated heterocycles. The lowest BCUT2D eigenvalue weighted by Crippen LogP contribution is -2.13. The van der Waals surface area contributed by atoms with Crippen LogP contribution in [0.25, 0.3) is 10.8 Å². The van der Waals surface area contributed by atoms with Gasteiger partial charge < -0.3 is 5.73 Å². The first-order valence-corrected chi connectivity index (χ1v) is 7.03. The molecule has 0 fully saturated rings. The third-order valence-electron chi connectivity index (χ3n) is 3.79. The van der Waals surface area contributed by atoms with Crippen LogP contribution in [0.2, 0.25) is 0 Å². The molecule has 1 atom stereocenters. The standard InChI is InChI=1S/C19H19N/c1-14-6-4-10-17(12-14)19(20)13-16-9-5-8-15-7-2-3-11-18(15)16/h2-12,19H,13,20H2,1H3. The zero-order valence-electron chi connectivity index (χ0n) is 11.7. The zero-order valence-corrected chi connectivity index (χ0v) is 11.7. The Morgan fingerprint density at radius 3 is 2.50 bits per heavy atom. The SMILES string of the molecule is Cc1cccc(C(N)Cc2cccc3ccccc23)c1. The summed E-state index contributed by atoms with van der Waals surface area (Å²) in [6.45, 7) is 2.11. The molecule has 20 heavy (non-hydrogen) atoms. The molecule has 100 valence electrons. The van der Waals surface area contributed by atoms with Gasteiger partial charge in [-0.1, -0.05) is 72.3 Å². The minimum atomic E-state index is 0.0423. The summed E-state index contributed by atoms with van der Waals surface area (Å²) in [5.74, 6) is 0. The van der Waals surface area contributed by atoms with Crippen LogP contribution < -0.4 is 5.73 Å². The molecule has 1 unspecified atom stereocenters. The molecule has 2 N–H and O–H groups in total. The van der Waals surface area contributed by atoms with Crippen LogP contribution in [0.1, 0.15) is 22.7 Å². The number of hydrogen-bond donors (Lipinski definition) is 1. The van der Waals surface area contributed by atoms with Crippen LogP contribution in [-0.2, 0) is 6.42 Å². The van der Waals surface area contributed by atoms with Crippen LogP contribution in [0, 0.1) is 6.92 Å². The molecular weight excluding hydrogens is 242 g/mol. The first kappa shape index (κ1) is 12.9. The lowest BCUT2D eigenvalue weighted by Gasteiger charge is -2.14. The van der Waals surface area contributed by atoms with Crippen LogP contribution in [0.15, 0.2) is 66.7 Å². The fourth-order valence-corrected chi connectivity index (χ4v) is 2.73. The maximum atomic E-state index is 6.39. The Hall–Kier alpha value is -2.12. The third-order valence-corrected chi connectivity index (χ3v) is 3.79. The molecule has 1 heteroatoms. The normalized spacial score (nSPS) is 12.5. The van der Waals surface area contributed by atoms with Gasteiger partial charge in [-0.05, 0) is 35.2 Å². The van der Waals surface area contributed by atoms with Crippen molar-refractivity contribution in [2.24, 2.45) is 5.73 Å². The molecule has 0 heterocycles. The van der Waals surface area contributed by atoms with E-state index in [1.807, 2.05) is 0 Å². The fourth-order valence-electron chi connectivity index (χ4n) is 2.73. The molecule has 0 aliphatic heterocycles. The van der Waals surface area contributed by atoms with Gasteiger partial charge >= 0.3 is 0 Å². The van der Waals surface area contributed by atoms with E-state index in [1.54, 1.807) is 0 Å². The predicted molar refractivity (Wildman–Crippen MR) is 85.8 cm³/mol. The topological polar surface area (TPSA) is 26.0 Å². The van der Waals surface area contributed by atoms with E-state index in [0.29, 0.717) is 0 Å². The summed E-state index contributed by atoms with van der Waals surface area (Å²) in [4.78, 5) is 0. The lowest BCUT2D eigenvalue weighted by molar-refractivity contribution is 0.724. The van der Waals surface area contributed by atoms with Crippen LogP contribution in [-0.4, -0.2) is 0 Å². The molecule has 3 aromatic carbocycles. The van der Waals surface area contributed by atoms with Crippen molar-refractivity contribution in [3.05, 3.63) is 83.4 Å². The minimum absolute atomic E-state index is 0.0423. The summed E-state index contributed by atoms with van der Waals surface area (Å²) in [6.07, 6.45) is 0.866. The zero-order chi connectivity index (χ0) is 13.9. The van der Waals surface area contributed by atoms with Gasteiger partial charge in [0.25, 0.3) is 0 Å². The Kier molecular flexibility index (Phi) is 3.53. The number of hydrogen-bond acceptors (Lipinski definition) is 1. The van der Waals surface area contributed by atoms with Gasteiger partial charge in [0.1, 0.15) is 0 Å². The second-order valence-corrected chi connectivity index (χ2v) is 5.36. The molecule has 0 aliphatic rings. The number of aryl methyl sites for hydroxylation is 1. The summed E-state index contributed by atoms with van der Waals surface area (Å²) in [5.41, 5.74) is 10.2. The minimum Gasteiger partial charge on any atom is -0.324 e. The number of nitrogens with two attached hydrogens (primary N) is 1. The van der Waals surface area contributed by atoms with Crippen molar-refractivity contribution in [1.82, 2.24) is 0 Å². The van der Waals surface area contributed by atoms with Gasteiger partial charge in [-0.15, -0.1) is 0 Å². The Balaban J connectivity index is 1.93. The molecule has 0 aromatic heterocycles. The monoisotopic (exact) mass is 261 g/mol. The highest BCUT2D eigenvalue weighted by molar-refractivity contribution is 5.85. The van der Waals surface area contributed by atoms with Crippen LogP contribution in [0.5, 0.6) is 0 Å². The van der Waals surface area contributed by atoms with E-state index in [4.69, 9.17) is 5.73 Å². The Morgan fingerprint density at radius 2 is 1.65 bits per heavy atom. The molecule has 3 rings (SSSR count).